The van der Waals surface area contributed by atoms with Crippen LogP contribution in [0.25, 0.3) is 0 Å². The van der Waals surface area contributed by atoms with Gasteiger partial charge in [0, 0.05) is 18.7 Å². The number of benzene rings is 1. The van der Waals surface area contributed by atoms with E-state index in [0.717, 1.165) is 25.9 Å². The lowest BCUT2D eigenvalue weighted by atomic mass is 10.0. The number of piperidine rings is 1. The standard InChI is InChI=1S/C15H24N2O5S.ClH/c1-20-12-7-13(21-2)15(14(8-12)22-3)23(18,19)17-10-11-5-4-6-16-9-11;/h7-8,11,16-17H,4-6,9-10H2,1-3H3;1H. The number of hydrogen-bond donors (Lipinski definition) is 2. The quantitative estimate of drug-likeness (QED) is 0.744. The first-order valence-corrected chi connectivity index (χ1v) is 9.00. The molecule has 1 aromatic carbocycles. The van der Waals surface area contributed by atoms with Gasteiger partial charge in [-0.15, -0.1) is 12.4 Å². The van der Waals surface area contributed by atoms with Crippen molar-refractivity contribution >= 4 is 22.4 Å². The van der Waals surface area contributed by atoms with Gasteiger partial charge in [0.1, 0.15) is 17.2 Å². The van der Waals surface area contributed by atoms with Crippen LogP contribution < -0.4 is 24.2 Å². The van der Waals surface area contributed by atoms with E-state index in [4.69, 9.17) is 14.2 Å². The van der Waals surface area contributed by atoms with Gasteiger partial charge in [0.2, 0.25) is 10.0 Å². The molecule has 138 valence electrons. The number of hydrogen-bond acceptors (Lipinski definition) is 6. The average Bonchev–Trinajstić information content (AvgIpc) is 2.59. The molecule has 1 saturated heterocycles. The van der Waals surface area contributed by atoms with Crippen molar-refractivity contribution in [3.05, 3.63) is 12.1 Å². The molecule has 1 aliphatic rings. The van der Waals surface area contributed by atoms with Crippen LogP contribution in [0.1, 0.15) is 12.8 Å². The lowest BCUT2D eigenvalue weighted by molar-refractivity contribution is 0.356. The van der Waals surface area contributed by atoms with Crippen LogP contribution in [-0.2, 0) is 10.0 Å². The molecule has 1 unspecified atom stereocenters. The summed E-state index contributed by atoms with van der Waals surface area (Å²) >= 11 is 0. The number of sulfonamides is 1. The number of rotatable bonds is 7. The molecule has 9 heteroatoms. The van der Waals surface area contributed by atoms with Crippen molar-refractivity contribution in [2.75, 3.05) is 41.0 Å². The zero-order valence-corrected chi connectivity index (χ0v) is 15.8. The van der Waals surface area contributed by atoms with Crippen LogP contribution in [0.2, 0.25) is 0 Å². The average molecular weight is 381 g/mol. The lowest BCUT2D eigenvalue weighted by Crippen LogP contribution is -2.38. The van der Waals surface area contributed by atoms with Gasteiger partial charge in [0.25, 0.3) is 0 Å². The molecule has 0 saturated carbocycles. The molecule has 1 aliphatic heterocycles. The highest BCUT2D eigenvalue weighted by Crippen LogP contribution is 2.37. The normalized spacial score (nSPS) is 17.7. The molecule has 0 radical (unpaired) electrons. The van der Waals surface area contributed by atoms with Crippen molar-refractivity contribution in [1.82, 2.24) is 10.0 Å². The van der Waals surface area contributed by atoms with Gasteiger partial charge in [-0.1, -0.05) is 0 Å². The second kappa shape index (κ2) is 9.31. The molecule has 7 nitrogen and oxygen atoms in total. The first kappa shape index (κ1) is 20.8. The van der Waals surface area contributed by atoms with Crippen LogP contribution in [-0.4, -0.2) is 49.4 Å². The van der Waals surface area contributed by atoms with E-state index >= 15 is 0 Å². The zero-order valence-electron chi connectivity index (χ0n) is 14.1. The molecule has 2 rings (SSSR count). The van der Waals surface area contributed by atoms with Gasteiger partial charge in [0.05, 0.1) is 21.3 Å². The van der Waals surface area contributed by atoms with Crippen molar-refractivity contribution in [3.63, 3.8) is 0 Å². The molecule has 2 N–H and O–H groups in total. The van der Waals surface area contributed by atoms with Gasteiger partial charge < -0.3 is 19.5 Å². The zero-order chi connectivity index (χ0) is 16.9. The maximum Gasteiger partial charge on any atom is 0.247 e. The van der Waals surface area contributed by atoms with Gasteiger partial charge >= 0.3 is 0 Å². The van der Waals surface area contributed by atoms with Gasteiger partial charge in [-0.25, -0.2) is 13.1 Å². The highest BCUT2D eigenvalue weighted by Gasteiger charge is 2.27. The molecule has 0 bridgehead atoms. The molecular weight excluding hydrogens is 356 g/mol. The third-order valence-corrected chi connectivity index (χ3v) is 5.39. The van der Waals surface area contributed by atoms with Crippen LogP contribution in [0.5, 0.6) is 17.2 Å². The van der Waals surface area contributed by atoms with E-state index in [9.17, 15) is 8.42 Å². The fourth-order valence-electron chi connectivity index (χ4n) is 2.64. The van der Waals surface area contributed by atoms with E-state index < -0.39 is 10.0 Å². The second-order valence-corrected chi connectivity index (χ2v) is 7.13. The number of methoxy groups -OCH3 is 3. The first-order chi connectivity index (χ1) is 11.0. The van der Waals surface area contributed by atoms with Gasteiger partial charge in [-0.2, -0.15) is 0 Å². The molecule has 0 aliphatic carbocycles. The van der Waals surface area contributed by atoms with Gasteiger partial charge in [0.15, 0.2) is 4.90 Å². The van der Waals surface area contributed by atoms with Crippen LogP contribution >= 0.6 is 12.4 Å². The van der Waals surface area contributed by atoms with E-state index in [2.05, 4.69) is 10.0 Å². The molecule has 0 amide bonds. The van der Waals surface area contributed by atoms with Crippen molar-refractivity contribution in [1.29, 1.82) is 0 Å². The Morgan fingerprint density at radius 1 is 1.17 bits per heavy atom. The van der Waals surface area contributed by atoms with Crippen LogP contribution in [0.4, 0.5) is 0 Å². The topological polar surface area (TPSA) is 85.9 Å². The second-order valence-electron chi connectivity index (χ2n) is 5.43. The van der Waals surface area contributed by atoms with Crippen molar-refractivity contribution in [2.24, 2.45) is 5.92 Å². The fourth-order valence-corrected chi connectivity index (χ4v) is 4.05. The smallest absolute Gasteiger partial charge is 0.247 e. The summed E-state index contributed by atoms with van der Waals surface area (Å²) < 4.78 is 43.6. The Bertz CT molecular complexity index is 608. The van der Waals surface area contributed by atoms with E-state index in [1.165, 1.54) is 33.5 Å². The first-order valence-electron chi connectivity index (χ1n) is 7.52. The number of ether oxygens (including phenoxy) is 3. The Balaban J connectivity index is 0.00000288. The molecular formula is C15H25ClN2O5S. The maximum atomic E-state index is 12.7. The molecule has 0 spiro atoms. The molecule has 1 fully saturated rings. The molecule has 1 aromatic rings. The molecule has 1 atom stereocenters. The third kappa shape index (κ3) is 4.89. The SMILES string of the molecule is COc1cc(OC)c(S(=O)(=O)NCC2CCCNC2)c(OC)c1.Cl. The maximum absolute atomic E-state index is 12.7. The predicted molar refractivity (Wildman–Crippen MR) is 94.1 cm³/mol. The summed E-state index contributed by atoms with van der Waals surface area (Å²) in [5.41, 5.74) is 0. The Hall–Kier alpha value is -1.22. The summed E-state index contributed by atoms with van der Waals surface area (Å²) in [4.78, 5) is -0.00734. The fraction of sp³-hybridized carbons (Fsp3) is 0.600. The van der Waals surface area contributed by atoms with Gasteiger partial charge in [-0.05, 0) is 31.8 Å². The minimum absolute atomic E-state index is 0. The van der Waals surface area contributed by atoms with Gasteiger partial charge in [-0.3, -0.25) is 0 Å². The third-order valence-electron chi connectivity index (χ3n) is 3.90. The predicted octanol–water partition coefficient (Wildman–Crippen LogP) is 1.41. The largest absolute Gasteiger partial charge is 0.496 e. The molecule has 1 heterocycles. The monoisotopic (exact) mass is 380 g/mol. The number of halogens is 1. The van der Waals surface area contributed by atoms with Crippen LogP contribution in [0.3, 0.4) is 0 Å². The van der Waals surface area contributed by atoms with E-state index in [1.807, 2.05) is 0 Å². The molecule has 24 heavy (non-hydrogen) atoms. The minimum Gasteiger partial charge on any atom is -0.496 e. The van der Waals surface area contributed by atoms with Crippen LogP contribution in [0, 0.1) is 5.92 Å². The summed E-state index contributed by atoms with van der Waals surface area (Å²) in [7, 11) is 0.573. The minimum atomic E-state index is -3.75. The summed E-state index contributed by atoms with van der Waals surface area (Å²) in [5, 5.41) is 3.27. The van der Waals surface area contributed by atoms with Crippen molar-refractivity contribution in [3.8, 4) is 17.2 Å². The van der Waals surface area contributed by atoms with Crippen LogP contribution in [0.15, 0.2) is 17.0 Å². The Labute approximate surface area is 149 Å². The Morgan fingerprint density at radius 3 is 2.25 bits per heavy atom. The Morgan fingerprint density at radius 2 is 1.79 bits per heavy atom. The highest BCUT2D eigenvalue weighted by atomic mass is 35.5. The van der Waals surface area contributed by atoms with E-state index in [-0.39, 0.29) is 34.7 Å². The molecule has 0 aromatic heterocycles. The highest BCUT2D eigenvalue weighted by molar-refractivity contribution is 7.89. The summed E-state index contributed by atoms with van der Waals surface area (Å²) in [6.07, 6.45) is 2.06. The lowest BCUT2D eigenvalue weighted by Gasteiger charge is -2.23. The van der Waals surface area contributed by atoms with Crippen molar-refractivity contribution in [2.45, 2.75) is 17.7 Å². The van der Waals surface area contributed by atoms with E-state index in [0.29, 0.717) is 12.3 Å². The Kier molecular flexibility index (Phi) is 8.08. The summed E-state index contributed by atoms with van der Waals surface area (Å²) in [5.74, 6) is 1.13. The summed E-state index contributed by atoms with van der Waals surface area (Å²) in [6, 6.07) is 3.05. The van der Waals surface area contributed by atoms with Crippen molar-refractivity contribution < 1.29 is 22.6 Å². The van der Waals surface area contributed by atoms with E-state index in [1.54, 1.807) is 0 Å². The number of nitrogens with one attached hydrogen (secondary N) is 2. The summed E-state index contributed by atoms with van der Waals surface area (Å²) in [6.45, 7) is 2.19.